The Morgan fingerprint density at radius 1 is 1.06 bits per heavy atom. The lowest BCUT2D eigenvalue weighted by Gasteiger charge is -2.39. The van der Waals surface area contributed by atoms with Gasteiger partial charge in [-0.05, 0) is 54.8 Å². The van der Waals surface area contributed by atoms with Crippen molar-refractivity contribution < 1.29 is 37.3 Å². The van der Waals surface area contributed by atoms with Gasteiger partial charge in [-0.2, -0.15) is 13.2 Å². The van der Waals surface area contributed by atoms with E-state index < -0.39 is 17.7 Å². The van der Waals surface area contributed by atoms with Crippen LogP contribution in [-0.4, -0.2) is 47.3 Å². The van der Waals surface area contributed by atoms with Crippen LogP contribution in [0.2, 0.25) is 0 Å². The molecule has 3 atom stereocenters. The summed E-state index contributed by atoms with van der Waals surface area (Å²) in [5, 5.41) is 11.7. The highest BCUT2D eigenvalue weighted by molar-refractivity contribution is 5.90. The van der Waals surface area contributed by atoms with Gasteiger partial charge in [0.1, 0.15) is 6.10 Å². The molecular weight excluding hydrogens is 453 g/mol. The SMILES string of the molecule is COc1cc(CC(=O)O)ccc1OC1C[C@H]2CC[C@@H](C1)N2C(=O)Nc1ccc(C(F)(F)F)cc1. The van der Waals surface area contributed by atoms with Gasteiger partial charge in [-0.3, -0.25) is 4.79 Å². The van der Waals surface area contributed by atoms with Gasteiger partial charge in [0.15, 0.2) is 11.5 Å². The standard InChI is InChI=1S/C24H25F3N2O5/c1-33-21-10-14(11-22(30)31)2-9-20(21)34-19-12-17-7-8-18(13-19)29(17)23(32)28-16-5-3-15(4-6-16)24(25,26)27/h2-6,9-10,17-19H,7-8,11-13H2,1H3,(H,28,32)(H,30,31)/t17-,18+,19?. The zero-order valence-electron chi connectivity index (χ0n) is 18.5. The number of carbonyl (C=O) groups excluding carboxylic acids is 1. The third-order valence-corrected chi connectivity index (χ3v) is 6.26. The lowest BCUT2D eigenvalue weighted by atomic mass is 10.00. The fourth-order valence-corrected chi connectivity index (χ4v) is 4.76. The molecule has 0 aromatic heterocycles. The number of carboxylic acids is 1. The van der Waals surface area contributed by atoms with Crippen LogP contribution in [-0.2, 0) is 17.4 Å². The Hall–Kier alpha value is -3.43. The molecule has 0 saturated carbocycles. The van der Waals surface area contributed by atoms with Crippen molar-refractivity contribution in [3.63, 3.8) is 0 Å². The Morgan fingerprint density at radius 3 is 2.26 bits per heavy atom. The van der Waals surface area contributed by atoms with Crippen molar-refractivity contribution in [2.45, 2.75) is 56.5 Å². The fraction of sp³-hybridized carbons (Fsp3) is 0.417. The van der Waals surface area contributed by atoms with Crippen LogP contribution >= 0.6 is 0 Å². The Kier molecular flexibility index (Phi) is 6.58. The number of alkyl halides is 3. The third kappa shape index (κ3) is 5.21. The van der Waals surface area contributed by atoms with Crippen molar-refractivity contribution in [1.29, 1.82) is 0 Å². The first-order chi connectivity index (χ1) is 16.1. The van der Waals surface area contributed by atoms with Crippen LogP contribution in [0.1, 0.15) is 36.8 Å². The largest absolute Gasteiger partial charge is 0.493 e. The number of rotatable bonds is 6. The second kappa shape index (κ2) is 9.44. The predicted octanol–water partition coefficient (Wildman–Crippen LogP) is 4.95. The Balaban J connectivity index is 1.39. The van der Waals surface area contributed by atoms with Crippen LogP contribution in [0.5, 0.6) is 11.5 Å². The summed E-state index contributed by atoms with van der Waals surface area (Å²) < 4.78 is 49.8. The lowest BCUT2D eigenvalue weighted by Crippen LogP contribution is -2.50. The fourth-order valence-electron chi connectivity index (χ4n) is 4.76. The zero-order chi connectivity index (χ0) is 24.5. The molecule has 1 unspecified atom stereocenters. The number of nitrogens with zero attached hydrogens (tertiary/aromatic N) is 1. The maximum absolute atomic E-state index is 12.9. The first-order valence-corrected chi connectivity index (χ1v) is 11.0. The number of carbonyl (C=O) groups is 2. The minimum absolute atomic E-state index is 0.0459. The number of ether oxygens (including phenoxy) is 2. The van der Waals surface area contributed by atoms with Gasteiger partial charge in [-0.1, -0.05) is 6.07 Å². The smallest absolute Gasteiger partial charge is 0.416 e. The quantitative estimate of drug-likeness (QED) is 0.614. The van der Waals surface area contributed by atoms with Crippen molar-refractivity contribution in [1.82, 2.24) is 4.90 Å². The number of halogens is 3. The van der Waals surface area contributed by atoms with Gasteiger partial charge in [-0.25, -0.2) is 4.79 Å². The van der Waals surface area contributed by atoms with Crippen LogP contribution < -0.4 is 14.8 Å². The van der Waals surface area contributed by atoms with E-state index in [4.69, 9.17) is 14.6 Å². The minimum atomic E-state index is -4.43. The predicted molar refractivity (Wildman–Crippen MR) is 117 cm³/mol. The second-order valence-corrected chi connectivity index (χ2v) is 8.56. The van der Waals surface area contributed by atoms with E-state index in [1.807, 2.05) is 0 Å². The summed E-state index contributed by atoms with van der Waals surface area (Å²) >= 11 is 0. The third-order valence-electron chi connectivity index (χ3n) is 6.26. The van der Waals surface area contributed by atoms with Gasteiger partial charge in [-0.15, -0.1) is 0 Å². The summed E-state index contributed by atoms with van der Waals surface area (Å²) in [5.41, 5.74) is 0.142. The molecule has 2 amide bonds. The maximum atomic E-state index is 12.9. The minimum Gasteiger partial charge on any atom is -0.493 e. The van der Waals surface area contributed by atoms with Gasteiger partial charge < -0.3 is 24.8 Å². The summed E-state index contributed by atoms with van der Waals surface area (Å²) in [6.45, 7) is 0. The number of nitrogens with one attached hydrogen (secondary N) is 1. The molecule has 2 fully saturated rings. The maximum Gasteiger partial charge on any atom is 0.416 e. The molecule has 7 nitrogen and oxygen atoms in total. The van der Waals surface area contributed by atoms with Crippen molar-refractivity contribution in [2.75, 3.05) is 12.4 Å². The molecule has 2 bridgehead atoms. The van der Waals surface area contributed by atoms with Crippen LogP contribution in [0, 0.1) is 0 Å². The number of amides is 2. The van der Waals surface area contributed by atoms with Crippen LogP contribution in [0.25, 0.3) is 0 Å². The van der Waals surface area contributed by atoms with Crippen LogP contribution in [0.3, 0.4) is 0 Å². The summed E-state index contributed by atoms with van der Waals surface area (Å²) in [5.74, 6) is 0.0338. The van der Waals surface area contributed by atoms with E-state index in [-0.39, 0.29) is 30.6 Å². The number of benzene rings is 2. The number of hydrogen-bond acceptors (Lipinski definition) is 4. The molecule has 2 aromatic carbocycles. The topological polar surface area (TPSA) is 88.1 Å². The average molecular weight is 478 g/mol. The van der Waals surface area contributed by atoms with Gasteiger partial charge in [0.05, 0.1) is 19.1 Å². The van der Waals surface area contributed by atoms with E-state index in [0.717, 1.165) is 25.0 Å². The number of anilines is 1. The van der Waals surface area contributed by atoms with Gasteiger partial charge in [0.25, 0.3) is 0 Å². The molecule has 10 heteroatoms. The monoisotopic (exact) mass is 478 g/mol. The molecule has 2 aliphatic heterocycles. The number of carboxylic acid groups (broad SMARTS) is 1. The molecule has 182 valence electrons. The lowest BCUT2D eigenvalue weighted by molar-refractivity contribution is -0.138. The van der Waals surface area contributed by atoms with Crippen LogP contribution in [0.15, 0.2) is 42.5 Å². The summed E-state index contributed by atoms with van der Waals surface area (Å²) in [6, 6.07) is 8.99. The summed E-state index contributed by atoms with van der Waals surface area (Å²) in [4.78, 5) is 25.6. The van der Waals surface area contributed by atoms with Gasteiger partial charge in [0, 0.05) is 30.6 Å². The number of fused-ring (bicyclic) bond motifs is 2. The molecule has 2 aromatic rings. The van der Waals surface area contributed by atoms with Crippen molar-refractivity contribution in [3.05, 3.63) is 53.6 Å². The van der Waals surface area contributed by atoms with Gasteiger partial charge in [0.2, 0.25) is 0 Å². The van der Waals surface area contributed by atoms with E-state index >= 15 is 0 Å². The van der Waals surface area contributed by atoms with Crippen molar-refractivity contribution in [3.8, 4) is 11.5 Å². The number of hydrogen-bond donors (Lipinski definition) is 2. The summed E-state index contributed by atoms with van der Waals surface area (Å²) in [7, 11) is 1.49. The Bertz CT molecular complexity index is 1040. The molecule has 2 heterocycles. The first-order valence-electron chi connectivity index (χ1n) is 11.0. The normalized spacial score (nSPS) is 21.8. The zero-order valence-corrected chi connectivity index (χ0v) is 18.5. The highest BCUT2D eigenvalue weighted by Gasteiger charge is 2.44. The molecular formula is C24H25F3N2O5. The molecule has 0 radical (unpaired) electrons. The van der Waals surface area contributed by atoms with E-state index in [1.165, 1.54) is 19.2 Å². The molecule has 2 N–H and O–H groups in total. The van der Waals surface area contributed by atoms with Crippen molar-refractivity contribution >= 4 is 17.7 Å². The first kappa shape index (κ1) is 23.7. The van der Waals surface area contributed by atoms with Crippen molar-refractivity contribution in [2.24, 2.45) is 0 Å². The van der Waals surface area contributed by atoms with E-state index in [2.05, 4.69) is 5.32 Å². The van der Waals surface area contributed by atoms with E-state index in [0.29, 0.717) is 35.6 Å². The van der Waals surface area contributed by atoms with E-state index in [1.54, 1.807) is 23.1 Å². The summed E-state index contributed by atoms with van der Waals surface area (Å²) in [6.07, 6.45) is -1.84. The average Bonchev–Trinajstić information content (AvgIpc) is 3.05. The van der Waals surface area contributed by atoms with Crippen LogP contribution in [0.4, 0.5) is 23.7 Å². The molecule has 0 spiro atoms. The second-order valence-electron chi connectivity index (χ2n) is 8.56. The molecule has 0 aliphatic carbocycles. The van der Waals surface area contributed by atoms with E-state index in [9.17, 15) is 22.8 Å². The highest BCUT2D eigenvalue weighted by Crippen LogP contribution is 2.39. The molecule has 4 rings (SSSR count). The molecule has 2 aliphatic rings. The molecule has 2 saturated heterocycles. The number of aliphatic carboxylic acids is 1. The van der Waals surface area contributed by atoms with Gasteiger partial charge >= 0.3 is 18.2 Å². The number of piperidine rings is 1. The number of urea groups is 1. The molecule has 34 heavy (non-hydrogen) atoms. The number of methoxy groups -OCH3 is 1. The highest BCUT2D eigenvalue weighted by atomic mass is 19.4. The Morgan fingerprint density at radius 2 is 1.71 bits per heavy atom. The Labute approximate surface area is 194 Å².